The van der Waals surface area contributed by atoms with Crippen molar-refractivity contribution in [2.75, 3.05) is 13.7 Å². The molecule has 0 aliphatic heterocycles. The fourth-order valence-corrected chi connectivity index (χ4v) is 4.41. The van der Waals surface area contributed by atoms with Crippen molar-refractivity contribution in [3.63, 3.8) is 0 Å². The monoisotopic (exact) mass is 540 g/mol. The molecule has 0 fully saturated rings. The zero-order chi connectivity index (χ0) is 28.7. The van der Waals surface area contributed by atoms with E-state index in [1.807, 2.05) is 42.5 Å². The van der Waals surface area contributed by atoms with E-state index in [2.05, 4.69) is 10.6 Å². The van der Waals surface area contributed by atoms with E-state index in [-0.39, 0.29) is 31.3 Å². The second kappa shape index (κ2) is 12.6. The Labute approximate surface area is 226 Å². The Balaban J connectivity index is 1.94. The molecule has 0 saturated carbocycles. The van der Waals surface area contributed by atoms with Crippen LogP contribution in [0.3, 0.4) is 0 Å². The summed E-state index contributed by atoms with van der Waals surface area (Å²) in [6.45, 7) is 5.18. The number of likely N-dealkylation sites (N-methyl/N-ethyl adjacent to an activating group) is 1. The lowest BCUT2D eigenvalue weighted by molar-refractivity contribution is -0.151. The van der Waals surface area contributed by atoms with Gasteiger partial charge in [-0.15, -0.1) is 0 Å². The Kier molecular flexibility index (Phi) is 9.55. The third-order valence-electron chi connectivity index (χ3n) is 6.55. The third kappa shape index (κ3) is 7.27. The minimum Gasteiger partial charge on any atom is -0.494 e. The molecule has 3 rings (SSSR count). The van der Waals surface area contributed by atoms with E-state index in [4.69, 9.17) is 4.74 Å². The maximum absolute atomic E-state index is 13.7. The Morgan fingerprint density at radius 3 is 2.15 bits per heavy atom. The number of rotatable bonds is 11. The van der Waals surface area contributed by atoms with Crippen LogP contribution in [0, 0.1) is 11.3 Å². The minimum atomic E-state index is -1.47. The van der Waals surface area contributed by atoms with Crippen LogP contribution in [0.15, 0.2) is 54.6 Å². The highest BCUT2D eigenvalue weighted by Crippen LogP contribution is 2.25. The van der Waals surface area contributed by atoms with Gasteiger partial charge in [-0.05, 0) is 28.2 Å². The first kappa shape index (κ1) is 29.5. The van der Waals surface area contributed by atoms with Crippen molar-refractivity contribution in [1.29, 1.82) is 0 Å². The molecule has 3 atom stereocenters. The van der Waals surface area contributed by atoms with Gasteiger partial charge in [0.1, 0.15) is 12.1 Å². The smallest absolute Gasteiger partial charge is 0.273 e. The normalized spacial score (nSPS) is 13.9. The summed E-state index contributed by atoms with van der Waals surface area (Å²) in [7, 11) is 1.47. The minimum absolute atomic E-state index is 0.0347. The lowest BCUT2D eigenvalue weighted by Gasteiger charge is -2.33. The molecular formula is C28H36N4O7. The summed E-state index contributed by atoms with van der Waals surface area (Å²) < 4.78 is 6.96. The summed E-state index contributed by atoms with van der Waals surface area (Å²) in [5.41, 5.74) is 1.66. The average molecular weight is 541 g/mol. The third-order valence-corrected chi connectivity index (χ3v) is 6.55. The van der Waals surface area contributed by atoms with E-state index in [0.717, 1.165) is 20.9 Å². The number of carbonyl (C=O) groups is 3. The van der Waals surface area contributed by atoms with E-state index in [9.17, 15) is 29.8 Å². The standard InChI is InChI=1S/C28H36N4O7/c1-28(2,3)24(27(37)29-4)30-25(35)20(16-17-9-10-18-7-5-6-8-19(18)15-17)23(26(36)31-38)39-14-13-32-21(33)11-12-22(32)34/h5-12,15,20,23-24,33-34,38H,13-14,16H2,1-4H3,(H,29,37)(H,30,35)(H,31,36)/t20-,23+,24-/m1/s1. The fourth-order valence-electron chi connectivity index (χ4n) is 4.41. The van der Waals surface area contributed by atoms with Gasteiger partial charge >= 0.3 is 0 Å². The summed E-state index contributed by atoms with van der Waals surface area (Å²) in [5, 5.41) is 36.6. The summed E-state index contributed by atoms with van der Waals surface area (Å²) in [6.07, 6.45) is -1.41. The molecule has 6 N–H and O–H groups in total. The molecule has 11 heteroatoms. The number of benzene rings is 2. The van der Waals surface area contributed by atoms with E-state index in [0.29, 0.717) is 0 Å². The van der Waals surface area contributed by atoms with Gasteiger partial charge in [0, 0.05) is 19.2 Å². The lowest BCUT2D eigenvalue weighted by Crippen LogP contribution is -2.56. The van der Waals surface area contributed by atoms with Crippen molar-refractivity contribution in [3.8, 4) is 11.8 Å². The number of aromatic hydroxyl groups is 2. The number of ether oxygens (including phenoxy) is 1. The molecule has 0 unspecified atom stereocenters. The molecule has 11 nitrogen and oxygen atoms in total. The van der Waals surface area contributed by atoms with Crippen molar-refractivity contribution in [3.05, 3.63) is 60.2 Å². The highest BCUT2D eigenvalue weighted by molar-refractivity contribution is 5.93. The first-order valence-electron chi connectivity index (χ1n) is 12.6. The first-order chi connectivity index (χ1) is 18.5. The van der Waals surface area contributed by atoms with Gasteiger partial charge in [-0.2, -0.15) is 0 Å². The number of aromatic nitrogens is 1. The average Bonchev–Trinajstić information content (AvgIpc) is 3.23. The number of nitrogens with one attached hydrogen (secondary N) is 3. The molecule has 0 aliphatic rings. The molecule has 39 heavy (non-hydrogen) atoms. The molecule has 1 aromatic heterocycles. The number of nitrogens with zero attached hydrogens (tertiary/aromatic N) is 1. The summed E-state index contributed by atoms with van der Waals surface area (Å²) in [6, 6.07) is 15.0. The zero-order valence-electron chi connectivity index (χ0n) is 22.5. The number of hydroxylamine groups is 1. The Hall–Kier alpha value is -4.09. The van der Waals surface area contributed by atoms with Gasteiger partial charge in [-0.1, -0.05) is 63.2 Å². The first-order valence-corrected chi connectivity index (χ1v) is 12.6. The van der Waals surface area contributed by atoms with E-state index in [1.165, 1.54) is 19.2 Å². The van der Waals surface area contributed by atoms with E-state index < -0.39 is 41.2 Å². The van der Waals surface area contributed by atoms with Crippen LogP contribution in [0.1, 0.15) is 26.3 Å². The van der Waals surface area contributed by atoms with Crippen molar-refractivity contribution < 1.29 is 34.5 Å². The van der Waals surface area contributed by atoms with E-state index in [1.54, 1.807) is 26.3 Å². The van der Waals surface area contributed by atoms with Crippen molar-refractivity contribution in [2.24, 2.45) is 11.3 Å². The Morgan fingerprint density at radius 2 is 1.56 bits per heavy atom. The summed E-state index contributed by atoms with van der Waals surface area (Å²) in [5.74, 6) is -3.54. The van der Waals surface area contributed by atoms with Crippen LogP contribution >= 0.6 is 0 Å². The van der Waals surface area contributed by atoms with Gasteiger partial charge < -0.3 is 25.6 Å². The maximum atomic E-state index is 13.7. The molecule has 3 amide bonds. The number of carbonyl (C=O) groups excluding carboxylic acids is 3. The summed E-state index contributed by atoms with van der Waals surface area (Å²) >= 11 is 0. The van der Waals surface area contributed by atoms with Gasteiger partial charge in [0.25, 0.3) is 5.91 Å². The van der Waals surface area contributed by atoms with Gasteiger partial charge in [0.2, 0.25) is 11.8 Å². The molecule has 0 radical (unpaired) electrons. The largest absolute Gasteiger partial charge is 0.494 e. The molecule has 210 valence electrons. The van der Waals surface area contributed by atoms with Crippen LogP contribution in [-0.4, -0.2) is 63.5 Å². The van der Waals surface area contributed by atoms with Crippen molar-refractivity contribution in [2.45, 2.75) is 45.9 Å². The summed E-state index contributed by atoms with van der Waals surface area (Å²) in [4.78, 5) is 39.2. The quantitative estimate of drug-likeness (QED) is 0.160. The number of hydrogen-bond donors (Lipinski definition) is 6. The second-order valence-corrected chi connectivity index (χ2v) is 10.4. The number of fused-ring (bicyclic) bond motifs is 1. The Morgan fingerprint density at radius 1 is 0.923 bits per heavy atom. The topological polar surface area (TPSA) is 162 Å². The molecular weight excluding hydrogens is 504 g/mol. The molecule has 2 aromatic carbocycles. The SMILES string of the molecule is CNC(=O)[C@@H](NC(=O)[C@H](Cc1ccc2ccccc2c1)[C@H](OCCn1c(O)ccc1O)C(=O)NO)C(C)(C)C. The van der Waals surface area contributed by atoms with Crippen LogP contribution in [0.4, 0.5) is 0 Å². The molecule has 3 aromatic rings. The van der Waals surface area contributed by atoms with Gasteiger partial charge in [-0.3, -0.25) is 24.2 Å². The molecule has 0 saturated heterocycles. The second-order valence-electron chi connectivity index (χ2n) is 10.4. The van der Waals surface area contributed by atoms with Crippen molar-refractivity contribution >= 4 is 28.5 Å². The van der Waals surface area contributed by atoms with Crippen LogP contribution in [0.5, 0.6) is 11.8 Å². The number of hydrogen-bond acceptors (Lipinski definition) is 7. The molecule has 0 spiro atoms. The van der Waals surface area contributed by atoms with Gasteiger partial charge in [-0.25, -0.2) is 5.48 Å². The van der Waals surface area contributed by atoms with E-state index >= 15 is 0 Å². The Bertz CT molecular complexity index is 1300. The molecule has 0 aliphatic carbocycles. The number of amides is 3. The van der Waals surface area contributed by atoms with Gasteiger partial charge in [0.05, 0.1) is 19.1 Å². The van der Waals surface area contributed by atoms with Crippen LogP contribution in [0.25, 0.3) is 10.8 Å². The van der Waals surface area contributed by atoms with Crippen LogP contribution in [0.2, 0.25) is 0 Å². The van der Waals surface area contributed by atoms with Crippen LogP contribution in [-0.2, 0) is 32.1 Å². The molecule has 1 heterocycles. The fraction of sp³-hybridized carbons (Fsp3) is 0.393. The molecule has 0 bridgehead atoms. The van der Waals surface area contributed by atoms with Crippen molar-refractivity contribution in [1.82, 2.24) is 20.7 Å². The predicted octanol–water partition coefficient (Wildman–Crippen LogP) is 2.08. The highest BCUT2D eigenvalue weighted by atomic mass is 16.5. The lowest BCUT2D eigenvalue weighted by atomic mass is 9.84. The van der Waals surface area contributed by atoms with Crippen LogP contribution < -0.4 is 16.1 Å². The highest BCUT2D eigenvalue weighted by Gasteiger charge is 2.39. The van der Waals surface area contributed by atoms with Gasteiger partial charge in [0.15, 0.2) is 11.8 Å². The maximum Gasteiger partial charge on any atom is 0.273 e. The zero-order valence-corrected chi connectivity index (χ0v) is 22.5. The predicted molar refractivity (Wildman–Crippen MR) is 144 cm³/mol.